The molecule has 13 heavy (non-hydrogen) atoms. The highest BCUT2D eigenvalue weighted by Crippen LogP contribution is 2.12. The normalized spacial score (nSPS) is 11.4. The molecule has 0 fully saturated rings. The van der Waals surface area contributed by atoms with Crippen LogP contribution in [0.25, 0.3) is 0 Å². The summed E-state index contributed by atoms with van der Waals surface area (Å²) in [4.78, 5) is 3.87. The second kappa shape index (κ2) is 10.9. The molecule has 1 nitrogen and oxygen atoms in total. The van der Waals surface area contributed by atoms with Gasteiger partial charge >= 0.3 is 0 Å². The summed E-state index contributed by atoms with van der Waals surface area (Å²) < 4.78 is 0. The number of aliphatic imine (C=N–C) groups is 1. The first kappa shape index (κ1) is 14.4. The van der Waals surface area contributed by atoms with E-state index in [2.05, 4.69) is 31.3 Å². The molecule has 0 aromatic carbocycles. The van der Waals surface area contributed by atoms with E-state index < -0.39 is 0 Å². The van der Waals surface area contributed by atoms with Gasteiger partial charge in [0.1, 0.15) is 0 Å². The number of hydrogen-bond donors (Lipinski definition) is 0. The Morgan fingerprint density at radius 2 is 1.92 bits per heavy atom. The molecule has 0 rings (SSSR count). The van der Waals surface area contributed by atoms with Gasteiger partial charge in [0.2, 0.25) is 0 Å². The third-order valence-corrected chi connectivity index (χ3v) is 1.38. The summed E-state index contributed by atoms with van der Waals surface area (Å²) in [7, 11) is 0. The number of hydrogen-bond acceptors (Lipinski definition) is 1. The molecule has 0 amide bonds. The van der Waals surface area contributed by atoms with Crippen molar-refractivity contribution in [2.75, 3.05) is 0 Å². The van der Waals surface area contributed by atoms with Crippen molar-refractivity contribution in [2.24, 2.45) is 4.99 Å². The van der Waals surface area contributed by atoms with E-state index in [9.17, 15) is 0 Å². The Bertz CT molecular complexity index is 197. The summed E-state index contributed by atoms with van der Waals surface area (Å²) in [5, 5.41) is 0. The summed E-state index contributed by atoms with van der Waals surface area (Å²) in [5.41, 5.74) is 1.96. The molecule has 0 unspecified atom stereocenters. The molecule has 0 heterocycles. The summed E-state index contributed by atoms with van der Waals surface area (Å²) in [5.74, 6) is 0. The van der Waals surface area contributed by atoms with Crippen LogP contribution in [0.2, 0.25) is 0 Å². The smallest absolute Gasteiger partial charge is 0.0648 e. The number of rotatable bonds is 4. The van der Waals surface area contributed by atoms with Crippen molar-refractivity contribution in [2.45, 2.75) is 34.1 Å². The van der Waals surface area contributed by atoms with Crippen molar-refractivity contribution in [1.82, 2.24) is 0 Å². The molecule has 0 aromatic heterocycles. The third-order valence-electron chi connectivity index (χ3n) is 1.38. The van der Waals surface area contributed by atoms with Gasteiger partial charge in [-0.3, -0.25) is 4.99 Å². The molecule has 0 radical (unpaired) electrons. The lowest BCUT2D eigenvalue weighted by molar-refractivity contribution is 1.19. The first-order valence-electron chi connectivity index (χ1n) is 4.76. The fourth-order valence-corrected chi connectivity index (χ4v) is 0.862. The minimum Gasteiger partial charge on any atom is -0.264 e. The molecule has 0 aromatic rings. The van der Waals surface area contributed by atoms with Crippen LogP contribution in [0.1, 0.15) is 34.1 Å². The molecular weight excluding hydrogens is 158 g/mol. The largest absolute Gasteiger partial charge is 0.264 e. The summed E-state index contributed by atoms with van der Waals surface area (Å²) >= 11 is 0. The molecular formula is C12H21N. The van der Waals surface area contributed by atoms with Crippen LogP contribution < -0.4 is 0 Å². The standard InChI is InChI=1S/C10H15N.C2H6/c1-5-8-9(6-2)10(7-3)11-4;1-2/h6-8H,2,4-5H2,1,3H3;1-2H3/b9-8-,10-7+;. The van der Waals surface area contributed by atoms with Crippen molar-refractivity contribution in [3.8, 4) is 0 Å². The Kier molecular flexibility index (Phi) is 12.1. The predicted octanol–water partition coefficient (Wildman–Crippen LogP) is 4.14. The fourth-order valence-electron chi connectivity index (χ4n) is 0.862. The highest BCUT2D eigenvalue weighted by atomic mass is 14.7. The lowest BCUT2D eigenvalue weighted by Crippen LogP contribution is -1.81. The second-order valence-corrected chi connectivity index (χ2v) is 2.10. The van der Waals surface area contributed by atoms with E-state index in [1.165, 1.54) is 0 Å². The van der Waals surface area contributed by atoms with Crippen LogP contribution in [0.3, 0.4) is 0 Å². The van der Waals surface area contributed by atoms with Crippen molar-refractivity contribution >= 4 is 6.72 Å². The minimum atomic E-state index is 0.904. The lowest BCUT2D eigenvalue weighted by atomic mass is 10.1. The zero-order valence-corrected chi connectivity index (χ0v) is 9.30. The van der Waals surface area contributed by atoms with Crippen molar-refractivity contribution in [3.05, 3.63) is 36.1 Å². The molecule has 0 bridgehead atoms. The highest BCUT2D eigenvalue weighted by Gasteiger charge is 1.94. The predicted molar refractivity (Wildman–Crippen MR) is 63.2 cm³/mol. The van der Waals surface area contributed by atoms with E-state index >= 15 is 0 Å². The van der Waals surface area contributed by atoms with Crippen LogP contribution in [0.15, 0.2) is 41.1 Å². The Hall–Kier alpha value is -1.11. The quantitative estimate of drug-likeness (QED) is 0.454. The van der Waals surface area contributed by atoms with Crippen molar-refractivity contribution in [3.63, 3.8) is 0 Å². The van der Waals surface area contributed by atoms with Crippen LogP contribution in [-0.2, 0) is 0 Å². The van der Waals surface area contributed by atoms with E-state index in [1.54, 1.807) is 6.08 Å². The van der Waals surface area contributed by atoms with E-state index in [1.807, 2.05) is 26.8 Å². The van der Waals surface area contributed by atoms with Crippen molar-refractivity contribution in [1.29, 1.82) is 0 Å². The van der Waals surface area contributed by atoms with Gasteiger partial charge in [-0.25, -0.2) is 0 Å². The minimum absolute atomic E-state index is 0.904. The monoisotopic (exact) mass is 179 g/mol. The van der Waals surface area contributed by atoms with Gasteiger partial charge in [0.25, 0.3) is 0 Å². The average molecular weight is 179 g/mol. The zero-order chi connectivity index (χ0) is 10.7. The van der Waals surface area contributed by atoms with Crippen molar-refractivity contribution < 1.29 is 0 Å². The maximum absolute atomic E-state index is 3.87. The van der Waals surface area contributed by atoms with Gasteiger partial charge in [-0.05, 0) is 25.6 Å². The first-order valence-corrected chi connectivity index (χ1v) is 4.76. The first-order chi connectivity index (χ1) is 6.29. The molecule has 0 saturated heterocycles. The highest BCUT2D eigenvalue weighted by molar-refractivity contribution is 5.43. The molecule has 0 aliphatic rings. The Morgan fingerprint density at radius 1 is 1.38 bits per heavy atom. The topological polar surface area (TPSA) is 12.4 Å². The molecule has 0 N–H and O–H groups in total. The average Bonchev–Trinajstić information content (AvgIpc) is 2.21. The van der Waals surface area contributed by atoms with Gasteiger partial charge < -0.3 is 0 Å². The lowest BCUT2D eigenvalue weighted by Gasteiger charge is -1.99. The van der Waals surface area contributed by atoms with Crippen LogP contribution in [0.4, 0.5) is 0 Å². The SMILES string of the molecule is C=CC(=C/CC)/C(=C\C)N=C.CC. The molecule has 0 aliphatic heterocycles. The maximum Gasteiger partial charge on any atom is 0.0648 e. The van der Waals surface area contributed by atoms with E-state index in [0.29, 0.717) is 0 Å². The van der Waals surface area contributed by atoms with Gasteiger partial charge in [0.05, 0.1) is 5.70 Å². The zero-order valence-electron chi connectivity index (χ0n) is 9.30. The Morgan fingerprint density at radius 3 is 2.15 bits per heavy atom. The van der Waals surface area contributed by atoms with E-state index in [0.717, 1.165) is 17.7 Å². The van der Waals surface area contributed by atoms with Gasteiger partial charge in [-0.2, -0.15) is 0 Å². The second-order valence-electron chi connectivity index (χ2n) is 2.10. The van der Waals surface area contributed by atoms with E-state index in [-0.39, 0.29) is 0 Å². The van der Waals surface area contributed by atoms with Crippen LogP contribution in [-0.4, -0.2) is 6.72 Å². The summed E-state index contributed by atoms with van der Waals surface area (Å²) in [6, 6.07) is 0. The van der Waals surface area contributed by atoms with E-state index in [4.69, 9.17) is 0 Å². The van der Waals surface area contributed by atoms with Gasteiger partial charge in [0.15, 0.2) is 0 Å². The molecule has 0 saturated carbocycles. The van der Waals surface area contributed by atoms with Crippen LogP contribution in [0.5, 0.6) is 0 Å². The third kappa shape index (κ3) is 6.09. The Balaban J connectivity index is 0. The Labute approximate surface area is 82.6 Å². The van der Waals surface area contributed by atoms with Gasteiger partial charge in [-0.1, -0.05) is 45.6 Å². The summed E-state index contributed by atoms with van der Waals surface area (Å²) in [6.45, 7) is 15.2. The summed E-state index contributed by atoms with van der Waals surface area (Å²) in [6.07, 6.45) is 6.80. The molecule has 1 heteroatoms. The molecule has 0 spiro atoms. The number of nitrogens with zero attached hydrogens (tertiary/aromatic N) is 1. The van der Waals surface area contributed by atoms with Gasteiger partial charge in [-0.15, -0.1) is 0 Å². The van der Waals surface area contributed by atoms with Gasteiger partial charge in [0, 0.05) is 0 Å². The number of allylic oxidation sites excluding steroid dienone is 3. The fraction of sp³-hybridized carbons (Fsp3) is 0.417. The van der Waals surface area contributed by atoms with Crippen LogP contribution in [0, 0.1) is 0 Å². The van der Waals surface area contributed by atoms with Crippen LogP contribution >= 0.6 is 0 Å². The maximum atomic E-state index is 3.87. The molecule has 0 atom stereocenters. The molecule has 74 valence electrons. The molecule has 0 aliphatic carbocycles.